The molecule has 0 atom stereocenters. The molecule has 0 saturated carbocycles. The molecule has 0 unspecified atom stereocenters. The predicted molar refractivity (Wildman–Crippen MR) is 60.3 cm³/mol. The van der Waals surface area contributed by atoms with Gasteiger partial charge in [-0.25, -0.2) is 4.98 Å². The number of alkyl halides is 3. The predicted octanol–water partition coefficient (Wildman–Crippen LogP) is 4.07. The lowest BCUT2D eigenvalue weighted by Gasteiger charge is -2.22. The molecule has 16 heavy (non-hydrogen) atoms. The topological polar surface area (TPSA) is 24.9 Å². The van der Waals surface area contributed by atoms with E-state index < -0.39 is 11.7 Å². The summed E-state index contributed by atoms with van der Waals surface area (Å²) in [6, 6.07) is 1.01. The second kappa shape index (κ2) is 4.24. The summed E-state index contributed by atoms with van der Waals surface area (Å²) in [6.45, 7) is 5.70. The number of pyridine rings is 1. The summed E-state index contributed by atoms with van der Waals surface area (Å²) < 4.78 is 37.4. The molecule has 1 rings (SSSR count). The Morgan fingerprint density at radius 2 is 1.81 bits per heavy atom. The first-order valence-electron chi connectivity index (χ1n) is 4.60. The van der Waals surface area contributed by atoms with Gasteiger partial charge in [0.25, 0.3) is 0 Å². The van der Waals surface area contributed by atoms with E-state index in [9.17, 15) is 13.2 Å². The van der Waals surface area contributed by atoms with Crippen molar-refractivity contribution in [1.29, 1.82) is 0 Å². The monoisotopic (exact) mass is 296 g/mol. The van der Waals surface area contributed by atoms with Crippen LogP contribution in [0.4, 0.5) is 19.0 Å². The maximum Gasteiger partial charge on any atom is 0.417 e. The minimum atomic E-state index is -4.37. The minimum absolute atomic E-state index is 0.255. The maximum atomic E-state index is 12.4. The van der Waals surface area contributed by atoms with E-state index in [4.69, 9.17) is 0 Å². The lowest BCUT2D eigenvalue weighted by Crippen LogP contribution is -2.27. The summed E-state index contributed by atoms with van der Waals surface area (Å²) in [6.07, 6.45) is -3.55. The van der Waals surface area contributed by atoms with Gasteiger partial charge in [-0.05, 0) is 42.8 Å². The van der Waals surface area contributed by atoms with E-state index in [0.717, 1.165) is 12.3 Å². The quantitative estimate of drug-likeness (QED) is 0.845. The standard InChI is InChI=1S/C10H12BrF3N2/c1-9(2,3)16-8-7(11)4-6(5-15-8)10(12,13)14/h4-5H,1-3H3,(H,15,16). The van der Waals surface area contributed by atoms with Crippen molar-refractivity contribution in [3.63, 3.8) is 0 Å². The maximum absolute atomic E-state index is 12.4. The number of rotatable bonds is 1. The second-order valence-electron chi connectivity index (χ2n) is 4.43. The first-order chi connectivity index (χ1) is 7.09. The third-order valence-electron chi connectivity index (χ3n) is 1.66. The molecule has 0 aliphatic rings. The highest BCUT2D eigenvalue weighted by atomic mass is 79.9. The van der Waals surface area contributed by atoms with Gasteiger partial charge in [0, 0.05) is 11.7 Å². The summed E-state index contributed by atoms with van der Waals surface area (Å²) in [5.74, 6) is 0.403. The molecule has 1 heterocycles. The Morgan fingerprint density at radius 1 is 1.25 bits per heavy atom. The average Bonchev–Trinajstić information content (AvgIpc) is 2.04. The fourth-order valence-corrected chi connectivity index (χ4v) is 1.49. The number of aromatic nitrogens is 1. The molecule has 0 fully saturated rings. The van der Waals surface area contributed by atoms with Crippen molar-refractivity contribution in [2.24, 2.45) is 0 Å². The Morgan fingerprint density at radius 3 is 2.19 bits per heavy atom. The van der Waals surface area contributed by atoms with Gasteiger partial charge >= 0.3 is 6.18 Å². The Labute approximate surface area is 100 Å². The van der Waals surface area contributed by atoms with Crippen LogP contribution in [0, 0.1) is 0 Å². The van der Waals surface area contributed by atoms with Crippen LogP contribution < -0.4 is 5.32 Å². The first kappa shape index (κ1) is 13.3. The van der Waals surface area contributed by atoms with Gasteiger partial charge in [0.2, 0.25) is 0 Å². The number of nitrogens with one attached hydrogen (secondary N) is 1. The smallest absolute Gasteiger partial charge is 0.365 e. The van der Waals surface area contributed by atoms with Crippen LogP contribution in [0.3, 0.4) is 0 Å². The molecule has 0 bridgehead atoms. The molecule has 0 aliphatic heterocycles. The normalized spacial score (nSPS) is 12.7. The number of nitrogens with zero attached hydrogens (tertiary/aromatic N) is 1. The molecule has 0 aliphatic carbocycles. The second-order valence-corrected chi connectivity index (χ2v) is 5.28. The Hall–Kier alpha value is -0.780. The minimum Gasteiger partial charge on any atom is -0.365 e. The van der Waals surface area contributed by atoms with E-state index in [-0.39, 0.29) is 5.54 Å². The molecule has 90 valence electrons. The lowest BCUT2D eigenvalue weighted by molar-refractivity contribution is -0.137. The zero-order valence-corrected chi connectivity index (χ0v) is 10.7. The van der Waals surface area contributed by atoms with Crippen LogP contribution in [-0.2, 0) is 6.18 Å². The molecular formula is C10H12BrF3N2. The third kappa shape index (κ3) is 3.66. The number of hydrogen-bond acceptors (Lipinski definition) is 2. The molecule has 0 amide bonds. The van der Waals surface area contributed by atoms with Crippen molar-refractivity contribution < 1.29 is 13.2 Å². The van der Waals surface area contributed by atoms with Gasteiger partial charge in [-0.3, -0.25) is 0 Å². The van der Waals surface area contributed by atoms with Crippen LogP contribution in [-0.4, -0.2) is 10.5 Å². The van der Waals surface area contributed by atoms with Crippen molar-refractivity contribution in [2.45, 2.75) is 32.5 Å². The van der Waals surface area contributed by atoms with Gasteiger partial charge in [0.15, 0.2) is 0 Å². The summed E-state index contributed by atoms with van der Waals surface area (Å²) in [4.78, 5) is 3.75. The zero-order valence-electron chi connectivity index (χ0n) is 9.11. The van der Waals surface area contributed by atoms with Gasteiger partial charge in [-0.1, -0.05) is 0 Å². The third-order valence-corrected chi connectivity index (χ3v) is 2.27. The molecule has 0 radical (unpaired) electrons. The van der Waals surface area contributed by atoms with Crippen molar-refractivity contribution >= 4 is 21.7 Å². The van der Waals surface area contributed by atoms with Crippen molar-refractivity contribution in [1.82, 2.24) is 4.98 Å². The van der Waals surface area contributed by atoms with Crippen LogP contribution in [0.2, 0.25) is 0 Å². The van der Waals surface area contributed by atoms with Crippen molar-refractivity contribution in [3.8, 4) is 0 Å². The molecule has 1 aromatic heterocycles. The molecule has 2 nitrogen and oxygen atoms in total. The van der Waals surface area contributed by atoms with Gasteiger partial charge in [0.1, 0.15) is 5.82 Å². The molecule has 0 aromatic carbocycles. The fourth-order valence-electron chi connectivity index (χ4n) is 1.04. The van der Waals surface area contributed by atoms with Gasteiger partial charge in [0.05, 0.1) is 10.0 Å². The van der Waals surface area contributed by atoms with Crippen molar-refractivity contribution in [3.05, 3.63) is 22.3 Å². The number of hydrogen-bond donors (Lipinski definition) is 1. The number of anilines is 1. The van der Waals surface area contributed by atoms with E-state index in [1.54, 1.807) is 0 Å². The van der Waals surface area contributed by atoms with Crippen LogP contribution in [0.5, 0.6) is 0 Å². The summed E-state index contributed by atoms with van der Waals surface area (Å²) >= 11 is 3.07. The SMILES string of the molecule is CC(C)(C)Nc1ncc(C(F)(F)F)cc1Br. The van der Waals surface area contributed by atoms with Crippen LogP contribution in [0.1, 0.15) is 26.3 Å². The Balaban J connectivity index is 3.01. The highest BCUT2D eigenvalue weighted by Gasteiger charge is 2.31. The van der Waals surface area contributed by atoms with Gasteiger partial charge < -0.3 is 5.32 Å². The highest BCUT2D eigenvalue weighted by Crippen LogP contribution is 2.33. The largest absolute Gasteiger partial charge is 0.417 e. The molecule has 0 spiro atoms. The number of halogens is 4. The lowest BCUT2D eigenvalue weighted by atomic mass is 10.1. The van der Waals surface area contributed by atoms with Crippen LogP contribution >= 0.6 is 15.9 Å². The highest BCUT2D eigenvalue weighted by molar-refractivity contribution is 9.10. The van der Waals surface area contributed by atoms with Gasteiger partial charge in [-0.2, -0.15) is 13.2 Å². The molecule has 1 N–H and O–H groups in total. The van der Waals surface area contributed by atoms with E-state index in [1.807, 2.05) is 20.8 Å². The van der Waals surface area contributed by atoms with Gasteiger partial charge in [-0.15, -0.1) is 0 Å². The summed E-state index contributed by atoms with van der Waals surface area (Å²) in [7, 11) is 0. The van der Waals surface area contributed by atoms with Crippen LogP contribution in [0.15, 0.2) is 16.7 Å². The van der Waals surface area contributed by atoms with Crippen molar-refractivity contribution in [2.75, 3.05) is 5.32 Å². The average molecular weight is 297 g/mol. The Kier molecular flexibility index (Phi) is 3.52. The molecular weight excluding hydrogens is 285 g/mol. The molecule has 1 aromatic rings. The first-order valence-corrected chi connectivity index (χ1v) is 5.40. The summed E-state index contributed by atoms with van der Waals surface area (Å²) in [5.41, 5.74) is -1.02. The van der Waals surface area contributed by atoms with E-state index in [2.05, 4.69) is 26.2 Å². The fraction of sp³-hybridized carbons (Fsp3) is 0.500. The zero-order chi connectivity index (χ0) is 12.6. The van der Waals surface area contributed by atoms with E-state index in [0.29, 0.717) is 10.3 Å². The summed E-state index contributed by atoms with van der Waals surface area (Å²) in [5, 5.41) is 3.00. The van der Waals surface area contributed by atoms with Crippen LogP contribution in [0.25, 0.3) is 0 Å². The Bertz CT molecular complexity index is 383. The molecule has 6 heteroatoms. The van der Waals surface area contributed by atoms with E-state index >= 15 is 0 Å². The molecule has 0 saturated heterocycles. The van der Waals surface area contributed by atoms with E-state index in [1.165, 1.54) is 0 Å².